The van der Waals surface area contributed by atoms with Crippen molar-refractivity contribution in [3.05, 3.63) is 47.5 Å². The van der Waals surface area contributed by atoms with Crippen molar-refractivity contribution in [2.75, 3.05) is 19.4 Å². The van der Waals surface area contributed by atoms with Crippen molar-refractivity contribution in [2.45, 2.75) is 38.1 Å². The lowest BCUT2D eigenvalue weighted by atomic mass is 10.1. The molecule has 0 radical (unpaired) electrons. The van der Waals surface area contributed by atoms with E-state index in [4.69, 9.17) is 0 Å². The van der Waals surface area contributed by atoms with Gasteiger partial charge in [-0.1, -0.05) is 17.3 Å². The first-order valence-electron chi connectivity index (χ1n) is 9.31. The maximum absolute atomic E-state index is 12.3. The van der Waals surface area contributed by atoms with Gasteiger partial charge >= 0.3 is 0 Å². The lowest BCUT2D eigenvalue weighted by Crippen LogP contribution is -2.22. The molecule has 9 heteroatoms. The van der Waals surface area contributed by atoms with Crippen LogP contribution in [-0.2, 0) is 21.4 Å². The van der Waals surface area contributed by atoms with E-state index >= 15 is 0 Å². The Balaban J connectivity index is 1.64. The Bertz CT molecular complexity index is 1150. The molecular weight excluding hydrogens is 390 g/mol. The van der Waals surface area contributed by atoms with E-state index in [0.717, 1.165) is 26.6 Å². The molecule has 1 aromatic heterocycles. The molecule has 8 nitrogen and oxygen atoms in total. The van der Waals surface area contributed by atoms with Crippen LogP contribution in [0.1, 0.15) is 24.0 Å². The molecule has 1 N–H and O–H groups in total. The number of aromatic nitrogens is 3. The number of rotatable bonds is 7. The van der Waals surface area contributed by atoms with Gasteiger partial charge in [-0.05, 0) is 55.7 Å². The van der Waals surface area contributed by atoms with E-state index in [0.29, 0.717) is 24.9 Å². The number of hydrogen-bond acceptors (Lipinski definition) is 5. The van der Waals surface area contributed by atoms with Crippen LogP contribution in [0, 0.1) is 13.8 Å². The third-order valence-corrected chi connectivity index (χ3v) is 6.52. The first kappa shape index (κ1) is 20.9. The number of benzene rings is 2. The number of carbonyl (C=O) groups excluding carboxylic acids is 1. The highest BCUT2D eigenvalue weighted by atomic mass is 32.2. The fourth-order valence-corrected chi connectivity index (χ4v) is 3.88. The first-order chi connectivity index (χ1) is 13.7. The maximum atomic E-state index is 12.3. The Hall–Kier alpha value is -2.78. The van der Waals surface area contributed by atoms with E-state index in [1.165, 1.54) is 20.2 Å². The standard InChI is InChI=1S/C20H25N5O3S/c1-14-7-8-15(2)17(12-14)21-20(26)6-5-11-25-19-10-9-16(13-18(19)22-23-25)29(27,28)24(3)4/h7-10,12-13H,5-6,11H2,1-4H3,(H,21,26). The predicted molar refractivity (Wildman–Crippen MR) is 112 cm³/mol. The molecule has 1 amide bonds. The molecule has 0 unspecified atom stereocenters. The number of nitrogens with zero attached hydrogens (tertiary/aromatic N) is 4. The van der Waals surface area contributed by atoms with Crippen LogP contribution >= 0.6 is 0 Å². The number of carbonyl (C=O) groups is 1. The summed E-state index contributed by atoms with van der Waals surface area (Å²) in [6.07, 6.45) is 0.939. The Labute approximate surface area is 170 Å². The summed E-state index contributed by atoms with van der Waals surface area (Å²) in [5, 5.41) is 11.1. The van der Waals surface area contributed by atoms with Gasteiger partial charge in [0.1, 0.15) is 5.52 Å². The van der Waals surface area contributed by atoms with E-state index in [2.05, 4.69) is 15.6 Å². The van der Waals surface area contributed by atoms with Crippen LogP contribution in [-0.4, -0.2) is 47.7 Å². The molecule has 1 heterocycles. The molecule has 0 aliphatic rings. The zero-order valence-corrected chi connectivity index (χ0v) is 17.8. The minimum atomic E-state index is -3.52. The van der Waals surface area contributed by atoms with Gasteiger partial charge < -0.3 is 5.32 Å². The molecule has 0 atom stereocenters. The summed E-state index contributed by atoms with van der Waals surface area (Å²) in [5.41, 5.74) is 4.19. The number of aryl methyl sites for hydroxylation is 3. The number of hydrogen-bond donors (Lipinski definition) is 1. The second-order valence-electron chi connectivity index (χ2n) is 7.22. The van der Waals surface area contributed by atoms with E-state index in [1.807, 2.05) is 32.0 Å². The largest absolute Gasteiger partial charge is 0.326 e. The molecule has 29 heavy (non-hydrogen) atoms. The molecule has 3 aromatic rings. The minimum Gasteiger partial charge on any atom is -0.326 e. The van der Waals surface area contributed by atoms with Crippen molar-refractivity contribution in [3.8, 4) is 0 Å². The van der Waals surface area contributed by atoms with Crippen LogP contribution in [0.25, 0.3) is 11.0 Å². The lowest BCUT2D eigenvalue weighted by molar-refractivity contribution is -0.116. The topological polar surface area (TPSA) is 97.2 Å². The van der Waals surface area contributed by atoms with Gasteiger partial charge in [0.15, 0.2) is 0 Å². The van der Waals surface area contributed by atoms with Gasteiger partial charge in [0.25, 0.3) is 0 Å². The highest BCUT2D eigenvalue weighted by Gasteiger charge is 2.18. The number of nitrogens with one attached hydrogen (secondary N) is 1. The summed E-state index contributed by atoms with van der Waals surface area (Å²) >= 11 is 0. The maximum Gasteiger partial charge on any atom is 0.242 e. The molecule has 0 saturated heterocycles. The van der Waals surface area contributed by atoms with Crippen molar-refractivity contribution >= 4 is 32.7 Å². The van der Waals surface area contributed by atoms with Crippen molar-refractivity contribution in [3.63, 3.8) is 0 Å². The van der Waals surface area contributed by atoms with Crippen LogP contribution in [0.5, 0.6) is 0 Å². The van der Waals surface area contributed by atoms with Gasteiger partial charge in [-0.2, -0.15) is 0 Å². The van der Waals surface area contributed by atoms with E-state index < -0.39 is 10.0 Å². The van der Waals surface area contributed by atoms with Crippen molar-refractivity contribution in [1.82, 2.24) is 19.3 Å². The van der Waals surface area contributed by atoms with Crippen LogP contribution in [0.4, 0.5) is 5.69 Å². The Morgan fingerprint density at radius 2 is 1.90 bits per heavy atom. The molecule has 0 fully saturated rings. The SMILES string of the molecule is Cc1ccc(C)c(NC(=O)CCCn2nnc3cc(S(=O)(=O)N(C)C)ccc32)c1. The number of amides is 1. The Morgan fingerprint density at radius 3 is 2.62 bits per heavy atom. The predicted octanol–water partition coefficient (Wildman–Crippen LogP) is 2.72. The molecule has 0 spiro atoms. The third kappa shape index (κ3) is 4.63. The molecule has 0 saturated carbocycles. The molecule has 0 bridgehead atoms. The summed E-state index contributed by atoms with van der Waals surface area (Å²) in [7, 11) is -0.549. The number of sulfonamides is 1. The van der Waals surface area contributed by atoms with Crippen LogP contribution < -0.4 is 5.32 Å². The van der Waals surface area contributed by atoms with Gasteiger partial charge in [0.05, 0.1) is 10.4 Å². The van der Waals surface area contributed by atoms with Crippen molar-refractivity contribution in [1.29, 1.82) is 0 Å². The van der Waals surface area contributed by atoms with Gasteiger partial charge in [0.2, 0.25) is 15.9 Å². The summed E-state index contributed by atoms with van der Waals surface area (Å²) in [6.45, 7) is 4.46. The molecular formula is C20H25N5O3S. The smallest absolute Gasteiger partial charge is 0.242 e. The van der Waals surface area contributed by atoms with Crippen LogP contribution in [0.2, 0.25) is 0 Å². The Morgan fingerprint density at radius 1 is 1.14 bits per heavy atom. The average molecular weight is 416 g/mol. The zero-order valence-electron chi connectivity index (χ0n) is 17.0. The molecule has 0 aliphatic carbocycles. The second kappa shape index (κ2) is 8.30. The third-order valence-electron chi connectivity index (χ3n) is 4.70. The Kier molecular flexibility index (Phi) is 5.99. The average Bonchev–Trinajstić information content (AvgIpc) is 3.07. The minimum absolute atomic E-state index is 0.0533. The van der Waals surface area contributed by atoms with Gasteiger partial charge in [-0.15, -0.1) is 5.10 Å². The quantitative estimate of drug-likeness (QED) is 0.640. The zero-order chi connectivity index (χ0) is 21.2. The van der Waals surface area contributed by atoms with Gasteiger partial charge in [0, 0.05) is 32.7 Å². The lowest BCUT2D eigenvalue weighted by Gasteiger charge is -2.11. The van der Waals surface area contributed by atoms with Gasteiger partial charge in [-0.25, -0.2) is 17.4 Å². The summed E-state index contributed by atoms with van der Waals surface area (Å²) in [6, 6.07) is 10.7. The van der Waals surface area contributed by atoms with Crippen LogP contribution in [0.15, 0.2) is 41.3 Å². The number of anilines is 1. The second-order valence-corrected chi connectivity index (χ2v) is 9.37. The summed E-state index contributed by atoms with van der Waals surface area (Å²) in [4.78, 5) is 12.4. The highest BCUT2D eigenvalue weighted by molar-refractivity contribution is 7.89. The van der Waals surface area contributed by atoms with E-state index in [1.54, 1.807) is 16.8 Å². The van der Waals surface area contributed by atoms with Crippen LogP contribution in [0.3, 0.4) is 0 Å². The monoisotopic (exact) mass is 415 g/mol. The molecule has 154 valence electrons. The van der Waals surface area contributed by atoms with Crippen molar-refractivity contribution < 1.29 is 13.2 Å². The fraction of sp³-hybridized carbons (Fsp3) is 0.350. The van der Waals surface area contributed by atoms with Gasteiger partial charge in [-0.3, -0.25) is 4.79 Å². The molecule has 0 aliphatic heterocycles. The van der Waals surface area contributed by atoms with Crippen molar-refractivity contribution in [2.24, 2.45) is 0 Å². The number of fused-ring (bicyclic) bond motifs is 1. The van der Waals surface area contributed by atoms with E-state index in [9.17, 15) is 13.2 Å². The highest BCUT2D eigenvalue weighted by Crippen LogP contribution is 2.20. The fourth-order valence-electron chi connectivity index (χ4n) is 2.96. The molecule has 3 rings (SSSR count). The first-order valence-corrected chi connectivity index (χ1v) is 10.8. The summed E-state index contributed by atoms with van der Waals surface area (Å²) < 4.78 is 27.3. The summed E-state index contributed by atoms with van der Waals surface area (Å²) in [5.74, 6) is -0.0533. The molecule has 2 aromatic carbocycles. The van der Waals surface area contributed by atoms with E-state index in [-0.39, 0.29) is 10.8 Å². The normalized spacial score (nSPS) is 11.9.